The van der Waals surface area contributed by atoms with E-state index in [4.69, 9.17) is 15.0 Å². The van der Waals surface area contributed by atoms with Crippen molar-refractivity contribution in [2.45, 2.75) is 17.2 Å². The maximum Gasteiger partial charge on any atom is 0.188 e. The minimum atomic E-state index is -0.322. The molecule has 2 aromatic heterocycles. The minimum absolute atomic E-state index is 0.0359. The summed E-state index contributed by atoms with van der Waals surface area (Å²) in [4.78, 5) is 17.3. The summed E-state index contributed by atoms with van der Waals surface area (Å²) >= 11 is -0.322. The molecule has 1 atom stereocenters. The number of hydrogen-bond donors (Lipinski definition) is 0. The Kier molecular flexibility index (Phi) is 7.84. The Labute approximate surface area is 282 Å². The lowest BCUT2D eigenvalue weighted by molar-refractivity contribution is 0.818. The third-order valence-electron chi connectivity index (χ3n) is 8.44. The summed E-state index contributed by atoms with van der Waals surface area (Å²) in [5.74, 6) is 2.09. The van der Waals surface area contributed by atoms with Gasteiger partial charge >= 0.3 is 0 Å². The van der Waals surface area contributed by atoms with E-state index in [0.717, 1.165) is 57.0 Å². The molecule has 46 heavy (non-hydrogen) atoms. The van der Waals surface area contributed by atoms with Gasteiger partial charge < -0.3 is 0 Å². The number of imidazole rings is 1. The van der Waals surface area contributed by atoms with E-state index in [1.807, 2.05) is 0 Å². The van der Waals surface area contributed by atoms with Crippen LogP contribution in [0.4, 0.5) is 0 Å². The van der Waals surface area contributed by atoms with Crippen LogP contribution in [0, 0.1) is 0 Å². The topological polar surface area (TPSA) is 43.6 Å². The molecule has 1 aliphatic rings. The van der Waals surface area contributed by atoms with Gasteiger partial charge in [-0.25, -0.2) is 15.0 Å². The van der Waals surface area contributed by atoms with Crippen molar-refractivity contribution in [2.75, 3.05) is 12.5 Å². The smallest absolute Gasteiger partial charge is 0.188 e. The molecule has 224 valence electrons. The molecule has 0 aliphatic carbocycles. The monoisotopic (exact) mass is 727 g/mol. The van der Waals surface area contributed by atoms with Crippen molar-refractivity contribution in [3.63, 3.8) is 0 Å². The van der Waals surface area contributed by atoms with Crippen molar-refractivity contribution >= 4 is 63.1 Å². The third kappa shape index (κ3) is 5.29. The van der Waals surface area contributed by atoms with Crippen molar-refractivity contribution in [3.8, 4) is 28.1 Å². The fourth-order valence-electron chi connectivity index (χ4n) is 6.34. The summed E-state index contributed by atoms with van der Waals surface area (Å²) in [6, 6.07) is 44.8. The van der Waals surface area contributed by atoms with Crippen molar-refractivity contribution in [1.29, 1.82) is 0 Å². The molecular formula is C40H32IN4S+. The predicted molar refractivity (Wildman–Crippen MR) is 204 cm³/mol. The Bertz CT molecular complexity index is 2260. The van der Waals surface area contributed by atoms with Gasteiger partial charge in [-0.3, -0.25) is 4.57 Å². The Hall–Kier alpha value is -4.40. The molecule has 1 aliphatic heterocycles. The normalized spacial score (nSPS) is 14.8. The molecule has 8 rings (SSSR count). The van der Waals surface area contributed by atoms with E-state index in [2.05, 4.69) is 153 Å². The SMILES string of the molecule is C[S+](C)c1c(-c2ccccc2)ccc2c(-c3ccccc3)nc(C3=CI=CC(c4nc5ccccc5n4-c4ccccc4)C3)nc12. The van der Waals surface area contributed by atoms with Crippen LogP contribution in [0.5, 0.6) is 0 Å². The van der Waals surface area contributed by atoms with Crippen molar-refractivity contribution in [1.82, 2.24) is 19.5 Å². The van der Waals surface area contributed by atoms with E-state index < -0.39 is 0 Å². The van der Waals surface area contributed by atoms with Gasteiger partial charge in [0.25, 0.3) is 0 Å². The van der Waals surface area contributed by atoms with Crippen molar-refractivity contribution in [2.24, 2.45) is 0 Å². The van der Waals surface area contributed by atoms with Gasteiger partial charge in [-0.2, -0.15) is 0 Å². The summed E-state index contributed by atoms with van der Waals surface area (Å²) in [5, 5.41) is 1.10. The molecule has 4 nitrogen and oxygen atoms in total. The maximum atomic E-state index is 5.45. The number of halogens is 1. The molecule has 0 spiro atoms. The first-order chi connectivity index (χ1) is 22.7. The standard InChI is InChI=1S/C40H32IN4S/c1-46(2)38-32(27-14-6-3-7-15-27)22-23-33-36(28-16-8-4-9-17-28)43-39(44-37(33)38)29-24-30(26-41-25-29)40-42-34-20-12-13-21-35(34)45(40)31-18-10-5-11-19-31/h3-23,25-26,30H,24H2,1-2H3/q+1. The second-order valence-corrected chi connectivity index (χ2v) is 15.7. The first kappa shape index (κ1) is 29.0. The Morgan fingerprint density at radius 1 is 0.696 bits per heavy atom. The lowest BCUT2D eigenvalue weighted by Crippen LogP contribution is -2.12. The quantitative estimate of drug-likeness (QED) is 0.127. The van der Waals surface area contributed by atoms with Gasteiger partial charge in [0.15, 0.2) is 10.7 Å². The van der Waals surface area contributed by atoms with E-state index in [1.165, 1.54) is 21.6 Å². The van der Waals surface area contributed by atoms with Gasteiger partial charge in [0.05, 0.1) is 16.7 Å². The highest BCUT2D eigenvalue weighted by atomic mass is 127. The van der Waals surface area contributed by atoms with Crippen LogP contribution in [-0.2, 0) is 10.9 Å². The second-order valence-electron chi connectivity index (χ2n) is 11.6. The lowest BCUT2D eigenvalue weighted by atomic mass is 9.98. The van der Waals surface area contributed by atoms with E-state index in [0.29, 0.717) is 0 Å². The fourth-order valence-corrected chi connectivity index (χ4v) is 9.76. The number of rotatable bonds is 6. The molecule has 0 saturated heterocycles. The lowest BCUT2D eigenvalue weighted by Gasteiger charge is -2.20. The van der Waals surface area contributed by atoms with Gasteiger partial charge in [0.1, 0.15) is 23.9 Å². The molecule has 0 fully saturated rings. The Balaban J connectivity index is 1.30. The number of benzene rings is 5. The zero-order valence-corrected chi connectivity index (χ0v) is 28.6. The van der Waals surface area contributed by atoms with Gasteiger partial charge in [-0.15, -0.1) is 0 Å². The predicted octanol–water partition coefficient (Wildman–Crippen LogP) is 9.84. The number of allylic oxidation sites excluding steroid dienone is 1. The zero-order valence-electron chi connectivity index (χ0n) is 25.6. The largest absolute Gasteiger partial charge is 0.296 e. The molecule has 7 aromatic rings. The molecule has 1 unspecified atom stereocenters. The third-order valence-corrected chi connectivity index (χ3v) is 12.1. The molecule has 0 N–H and O–H groups in total. The van der Waals surface area contributed by atoms with E-state index >= 15 is 0 Å². The molecule has 0 amide bonds. The average Bonchev–Trinajstić information content (AvgIpc) is 3.51. The van der Waals surface area contributed by atoms with Crippen LogP contribution in [0.15, 0.2) is 136 Å². The zero-order chi connectivity index (χ0) is 31.0. The number of fused-ring (bicyclic) bond motifs is 2. The summed E-state index contributed by atoms with van der Waals surface area (Å²) < 4.78 is 7.25. The fraction of sp³-hybridized carbons (Fsp3) is 0.100. The van der Waals surface area contributed by atoms with Gasteiger partial charge in [0.2, 0.25) is 0 Å². The highest BCUT2D eigenvalue weighted by molar-refractivity contribution is 14.2. The maximum absolute atomic E-state index is 5.45. The number of nitrogens with zero attached hydrogens (tertiary/aromatic N) is 4. The summed E-state index contributed by atoms with van der Waals surface area (Å²) in [6.07, 6.45) is 5.42. The first-order valence-corrected chi connectivity index (χ1v) is 19.9. The molecule has 0 bridgehead atoms. The van der Waals surface area contributed by atoms with Crippen LogP contribution < -0.4 is 0 Å². The van der Waals surface area contributed by atoms with E-state index in [9.17, 15) is 0 Å². The average molecular weight is 728 g/mol. The van der Waals surface area contributed by atoms with Gasteiger partial charge in [0, 0.05) is 44.6 Å². The number of hydrogen-bond acceptors (Lipinski definition) is 3. The summed E-state index contributed by atoms with van der Waals surface area (Å²) in [6.45, 7) is 0. The van der Waals surface area contributed by atoms with Crippen LogP contribution in [-0.4, -0.2) is 36.0 Å². The van der Waals surface area contributed by atoms with Gasteiger partial charge in [-0.1, -0.05) is 112 Å². The molecule has 0 saturated carbocycles. The molecular weight excluding hydrogens is 695 g/mol. The molecule has 3 heterocycles. The Morgan fingerprint density at radius 3 is 2.11 bits per heavy atom. The van der Waals surface area contributed by atoms with Crippen LogP contribution in [0.2, 0.25) is 0 Å². The van der Waals surface area contributed by atoms with Crippen molar-refractivity contribution in [3.05, 3.63) is 143 Å². The first-order valence-electron chi connectivity index (χ1n) is 15.4. The summed E-state index contributed by atoms with van der Waals surface area (Å²) in [7, 11) is -0.0359. The van der Waals surface area contributed by atoms with E-state index in [1.54, 1.807) is 0 Å². The van der Waals surface area contributed by atoms with E-state index in [-0.39, 0.29) is 37.5 Å². The molecule has 6 heteroatoms. The minimum Gasteiger partial charge on any atom is -0.296 e. The molecule has 0 radical (unpaired) electrons. The van der Waals surface area contributed by atoms with Crippen molar-refractivity contribution < 1.29 is 0 Å². The van der Waals surface area contributed by atoms with Crippen LogP contribution in [0.25, 0.3) is 55.6 Å². The molecule has 5 aromatic carbocycles. The highest BCUT2D eigenvalue weighted by Gasteiger charge is 2.28. The van der Waals surface area contributed by atoms with Gasteiger partial charge in [-0.05, 0) is 56.5 Å². The second kappa shape index (κ2) is 12.4. The van der Waals surface area contributed by atoms with Crippen LogP contribution >= 0.6 is 20.7 Å². The van der Waals surface area contributed by atoms with Crippen LogP contribution in [0.3, 0.4) is 0 Å². The highest BCUT2D eigenvalue weighted by Crippen LogP contribution is 2.40. The Morgan fingerprint density at radius 2 is 1.37 bits per heavy atom. The number of aromatic nitrogens is 4. The summed E-state index contributed by atoms with van der Waals surface area (Å²) in [5.41, 5.74) is 10.1. The number of para-hydroxylation sites is 3. The van der Waals surface area contributed by atoms with Crippen LogP contribution in [0.1, 0.15) is 24.0 Å².